The average molecular weight is 446 g/mol. The van der Waals surface area contributed by atoms with Crippen molar-refractivity contribution in [1.82, 2.24) is 4.98 Å². The molecule has 0 aliphatic carbocycles. The summed E-state index contributed by atoms with van der Waals surface area (Å²) < 4.78 is 19.8. The molecule has 156 valence electrons. The molecule has 30 heavy (non-hydrogen) atoms. The van der Waals surface area contributed by atoms with Crippen molar-refractivity contribution in [2.45, 2.75) is 18.7 Å². The fourth-order valence-corrected chi connectivity index (χ4v) is 3.99. The van der Waals surface area contributed by atoms with E-state index in [4.69, 9.17) is 4.74 Å². The van der Waals surface area contributed by atoms with Crippen LogP contribution in [-0.2, 0) is 9.59 Å². The highest BCUT2D eigenvalue weighted by Crippen LogP contribution is 2.29. The van der Waals surface area contributed by atoms with Gasteiger partial charge in [-0.25, -0.2) is 9.37 Å². The number of thioether (sulfide) groups is 1. The Hall–Kier alpha value is -2.91. The summed E-state index contributed by atoms with van der Waals surface area (Å²) in [6.07, 6.45) is 0. The second-order valence-corrected chi connectivity index (χ2v) is 8.06. The number of halogens is 1. The maximum absolute atomic E-state index is 14.4. The number of hydrogen-bond acceptors (Lipinski definition) is 6. The van der Waals surface area contributed by atoms with Crippen molar-refractivity contribution in [3.05, 3.63) is 53.7 Å². The number of rotatable bonds is 8. The summed E-state index contributed by atoms with van der Waals surface area (Å²) in [5, 5.41) is 7.33. The lowest BCUT2D eigenvalue weighted by molar-refractivity contribution is -0.114. The Kier molecular flexibility index (Phi) is 7.42. The fraction of sp³-hybridized carbons (Fsp3) is 0.190. The van der Waals surface area contributed by atoms with Crippen molar-refractivity contribution in [2.75, 3.05) is 23.0 Å². The Balaban J connectivity index is 1.57. The van der Waals surface area contributed by atoms with E-state index in [2.05, 4.69) is 15.6 Å². The number of carbonyl (C=O) groups excluding carboxylic acids is 2. The number of thiazole rings is 1. The van der Waals surface area contributed by atoms with Crippen molar-refractivity contribution < 1.29 is 18.7 Å². The SMILES string of the molecule is CCOc1ccc(SCC(=O)Nc2nc(-c3ccc(NC(C)=O)cc3F)cs2)cc1. The van der Waals surface area contributed by atoms with E-state index in [1.807, 2.05) is 31.2 Å². The Labute approximate surface area is 181 Å². The molecule has 3 rings (SSSR count). The van der Waals surface area contributed by atoms with Gasteiger partial charge in [0.15, 0.2) is 5.13 Å². The van der Waals surface area contributed by atoms with Crippen LogP contribution in [0.5, 0.6) is 5.75 Å². The van der Waals surface area contributed by atoms with Gasteiger partial charge in [-0.2, -0.15) is 0 Å². The van der Waals surface area contributed by atoms with Crippen LogP contribution in [0.2, 0.25) is 0 Å². The van der Waals surface area contributed by atoms with Gasteiger partial charge in [-0.15, -0.1) is 23.1 Å². The number of amides is 2. The third kappa shape index (κ3) is 6.04. The number of anilines is 2. The number of carbonyl (C=O) groups is 2. The molecule has 1 aromatic heterocycles. The normalized spacial score (nSPS) is 10.5. The first-order chi connectivity index (χ1) is 14.4. The Morgan fingerprint density at radius 1 is 1.17 bits per heavy atom. The third-order valence-corrected chi connectivity index (χ3v) is 5.59. The molecule has 0 aliphatic heterocycles. The van der Waals surface area contributed by atoms with Gasteiger partial charge in [-0.05, 0) is 49.4 Å². The molecule has 2 aromatic carbocycles. The molecule has 0 saturated carbocycles. The third-order valence-electron chi connectivity index (χ3n) is 3.82. The largest absolute Gasteiger partial charge is 0.494 e. The molecule has 0 aliphatic rings. The van der Waals surface area contributed by atoms with Crippen molar-refractivity contribution in [3.63, 3.8) is 0 Å². The second kappa shape index (κ2) is 10.2. The molecule has 0 atom stereocenters. The fourth-order valence-electron chi connectivity index (χ4n) is 2.56. The van der Waals surface area contributed by atoms with Crippen LogP contribution >= 0.6 is 23.1 Å². The molecular weight excluding hydrogens is 425 g/mol. The molecule has 1 heterocycles. The van der Waals surface area contributed by atoms with Crippen molar-refractivity contribution in [1.29, 1.82) is 0 Å². The quantitative estimate of drug-likeness (QED) is 0.475. The molecule has 0 fully saturated rings. The molecule has 0 spiro atoms. The zero-order valence-corrected chi connectivity index (χ0v) is 18.0. The van der Waals surface area contributed by atoms with Crippen LogP contribution in [0.3, 0.4) is 0 Å². The maximum Gasteiger partial charge on any atom is 0.236 e. The highest BCUT2D eigenvalue weighted by Gasteiger charge is 2.12. The molecule has 3 aromatic rings. The van der Waals surface area contributed by atoms with Crippen molar-refractivity contribution in [3.8, 4) is 17.0 Å². The van der Waals surface area contributed by atoms with Gasteiger partial charge in [0.25, 0.3) is 0 Å². The van der Waals surface area contributed by atoms with E-state index in [0.29, 0.717) is 28.7 Å². The van der Waals surface area contributed by atoms with E-state index in [0.717, 1.165) is 10.6 Å². The molecule has 2 N–H and O–H groups in total. The minimum atomic E-state index is -0.504. The van der Waals surface area contributed by atoms with E-state index in [-0.39, 0.29) is 17.6 Å². The van der Waals surface area contributed by atoms with E-state index < -0.39 is 5.82 Å². The summed E-state index contributed by atoms with van der Waals surface area (Å²) in [5.41, 5.74) is 1.09. The summed E-state index contributed by atoms with van der Waals surface area (Å²) in [6, 6.07) is 11.9. The lowest BCUT2D eigenvalue weighted by Crippen LogP contribution is -2.13. The summed E-state index contributed by atoms with van der Waals surface area (Å²) >= 11 is 2.62. The van der Waals surface area contributed by atoms with Crippen molar-refractivity contribution in [2.24, 2.45) is 0 Å². The van der Waals surface area contributed by atoms with Crippen LogP contribution < -0.4 is 15.4 Å². The predicted molar refractivity (Wildman–Crippen MR) is 119 cm³/mol. The molecule has 0 radical (unpaired) electrons. The molecule has 6 nitrogen and oxygen atoms in total. The van der Waals surface area contributed by atoms with Crippen LogP contribution in [-0.4, -0.2) is 29.2 Å². The topological polar surface area (TPSA) is 80.3 Å². The molecule has 9 heteroatoms. The zero-order valence-electron chi connectivity index (χ0n) is 16.4. The summed E-state index contributed by atoms with van der Waals surface area (Å²) in [7, 11) is 0. The van der Waals surface area contributed by atoms with Crippen LogP contribution in [0, 0.1) is 5.82 Å². The highest BCUT2D eigenvalue weighted by molar-refractivity contribution is 8.00. The standard InChI is InChI=1S/C21H20FN3O3S2/c1-3-28-15-5-7-16(8-6-15)29-12-20(27)25-21-24-19(11-30-21)17-9-4-14(10-18(17)22)23-13(2)26/h4-11H,3,12H2,1-2H3,(H,23,26)(H,24,25,27). The van der Waals surface area contributed by atoms with Crippen LogP contribution in [0.25, 0.3) is 11.3 Å². The monoisotopic (exact) mass is 445 g/mol. The summed E-state index contributed by atoms with van der Waals surface area (Å²) in [4.78, 5) is 28.5. The van der Waals surface area contributed by atoms with Gasteiger partial charge < -0.3 is 15.4 Å². The van der Waals surface area contributed by atoms with Crippen LogP contribution in [0.4, 0.5) is 15.2 Å². The number of benzene rings is 2. The van der Waals surface area contributed by atoms with Crippen LogP contribution in [0.15, 0.2) is 52.7 Å². The molecular formula is C21H20FN3O3S2. The van der Waals surface area contributed by atoms with Gasteiger partial charge in [-0.1, -0.05) is 0 Å². The van der Waals surface area contributed by atoms with E-state index in [1.54, 1.807) is 17.5 Å². The minimum Gasteiger partial charge on any atom is -0.494 e. The summed E-state index contributed by atoms with van der Waals surface area (Å²) in [5.74, 6) is 0.0393. The number of aromatic nitrogens is 1. The molecule has 0 saturated heterocycles. The zero-order chi connectivity index (χ0) is 21.5. The average Bonchev–Trinajstić information content (AvgIpc) is 3.15. The Bertz CT molecular complexity index is 1040. The van der Waals surface area contributed by atoms with Crippen LogP contribution in [0.1, 0.15) is 13.8 Å². The first kappa shape index (κ1) is 21.8. The van der Waals surface area contributed by atoms with Gasteiger partial charge in [0.1, 0.15) is 11.6 Å². The van der Waals surface area contributed by atoms with E-state index in [9.17, 15) is 14.0 Å². The Morgan fingerprint density at radius 2 is 1.93 bits per heavy atom. The Morgan fingerprint density at radius 3 is 2.60 bits per heavy atom. The number of hydrogen-bond donors (Lipinski definition) is 2. The number of nitrogens with zero attached hydrogens (tertiary/aromatic N) is 1. The number of nitrogens with one attached hydrogen (secondary N) is 2. The lowest BCUT2D eigenvalue weighted by atomic mass is 10.1. The highest BCUT2D eigenvalue weighted by atomic mass is 32.2. The van der Waals surface area contributed by atoms with Gasteiger partial charge in [-0.3, -0.25) is 9.59 Å². The molecule has 0 unspecified atom stereocenters. The smallest absolute Gasteiger partial charge is 0.236 e. The summed E-state index contributed by atoms with van der Waals surface area (Å²) in [6.45, 7) is 3.88. The first-order valence-electron chi connectivity index (χ1n) is 9.13. The van der Waals surface area contributed by atoms with Gasteiger partial charge in [0.2, 0.25) is 11.8 Å². The minimum absolute atomic E-state index is 0.198. The first-order valence-corrected chi connectivity index (χ1v) is 11.0. The van der Waals surface area contributed by atoms with E-state index in [1.165, 1.54) is 36.1 Å². The van der Waals surface area contributed by atoms with Gasteiger partial charge in [0.05, 0.1) is 18.1 Å². The molecule has 0 bridgehead atoms. The molecule has 2 amide bonds. The lowest BCUT2D eigenvalue weighted by Gasteiger charge is -2.05. The maximum atomic E-state index is 14.4. The van der Waals surface area contributed by atoms with E-state index >= 15 is 0 Å². The van der Waals surface area contributed by atoms with Crippen molar-refractivity contribution >= 4 is 45.7 Å². The predicted octanol–water partition coefficient (Wildman–Crippen LogP) is 5.04. The van der Waals surface area contributed by atoms with Gasteiger partial charge >= 0.3 is 0 Å². The number of ether oxygens (including phenoxy) is 1. The second-order valence-electron chi connectivity index (χ2n) is 6.15. The van der Waals surface area contributed by atoms with Gasteiger partial charge in [0, 0.05) is 28.5 Å².